The summed E-state index contributed by atoms with van der Waals surface area (Å²) < 4.78 is 5.96. The number of hydrogen-bond acceptors (Lipinski definition) is 5. The van der Waals surface area contributed by atoms with Gasteiger partial charge in [-0.25, -0.2) is 0 Å². The van der Waals surface area contributed by atoms with Crippen LogP contribution in [0.5, 0.6) is 5.75 Å². The van der Waals surface area contributed by atoms with Crippen LogP contribution >= 0.6 is 24.8 Å². The summed E-state index contributed by atoms with van der Waals surface area (Å²) in [6, 6.07) is 12.6. The molecule has 9 heteroatoms. The number of amides is 1. The molecule has 0 unspecified atom stereocenters. The number of aliphatic hydroxyl groups is 1. The minimum Gasteiger partial charge on any atom is -0.491 e. The van der Waals surface area contributed by atoms with Crippen molar-refractivity contribution in [1.82, 2.24) is 20.1 Å². The number of H-pyrrole nitrogens is 1. The van der Waals surface area contributed by atoms with Crippen LogP contribution in [-0.2, 0) is 13.1 Å². The molecule has 2 aliphatic heterocycles. The van der Waals surface area contributed by atoms with Crippen LogP contribution in [0, 0.1) is 0 Å². The molecule has 3 heterocycles. The van der Waals surface area contributed by atoms with Gasteiger partial charge in [-0.2, -0.15) is 0 Å². The topological polar surface area (TPSA) is 80.8 Å². The number of carbonyl (C=O) groups excluding carboxylic acids is 1. The minimum absolute atomic E-state index is 0. The molecule has 190 valence electrons. The maximum atomic E-state index is 12.6. The Balaban J connectivity index is 0.00000171. The Labute approximate surface area is 218 Å². The molecule has 5 rings (SSSR count). The first-order chi connectivity index (χ1) is 16.0. The molecule has 0 spiro atoms. The molecule has 2 aliphatic rings. The number of hydrogen-bond donors (Lipinski definition) is 3. The summed E-state index contributed by atoms with van der Waals surface area (Å²) >= 11 is 0. The summed E-state index contributed by atoms with van der Waals surface area (Å²) in [5.41, 5.74) is 5.87. The third kappa shape index (κ3) is 5.93. The van der Waals surface area contributed by atoms with E-state index in [4.69, 9.17) is 9.84 Å². The van der Waals surface area contributed by atoms with Gasteiger partial charge in [0.25, 0.3) is 5.91 Å². The Morgan fingerprint density at radius 1 is 1.03 bits per heavy atom. The lowest BCUT2D eigenvalue weighted by atomic mass is 9.99. The van der Waals surface area contributed by atoms with Crippen LogP contribution in [0.2, 0.25) is 0 Å². The number of β-amino-alcohol motifs (C(OH)–C–C–N with tert-alkyl or cyclic N) is 1. The van der Waals surface area contributed by atoms with Gasteiger partial charge in [-0.1, -0.05) is 6.07 Å². The summed E-state index contributed by atoms with van der Waals surface area (Å²) in [6.07, 6.45) is 0.0664. The van der Waals surface area contributed by atoms with E-state index < -0.39 is 0 Å². The molecular formula is C26H34Cl2N4O3. The maximum absolute atomic E-state index is 12.6. The van der Waals surface area contributed by atoms with Crippen LogP contribution in [0.15, 0.2) is 36.4 Å². The molecule has 35 heavy (non-hydrogen) atoms. The van der Waals surface area contributed by atoms with Crippen molar-refractivity contribution in [3.8, 4) is 17.0 Å². The number of nitrogens with one attached hydrogen (secondary N) is 2. The molecule has 0 radical (unpaired) electrons. The van der Waals surface area contributed by atoms with Gasteiger partial charge in [-0.15, -0.1) is 24.8 Å². The van der Waals surface area contributed by atoms with Crippen molar-refractivity contribution in [2.75, 3.05) is 39.3 Å². The van der Waals surface area contributed by atoms with Gasteiger partial charge in [0.05, 0.1) is 18.3 Å². The molecule has 0 bridgehead atoms. The summed E-state index contributed by atoms with van der Waals surface area (Å²) in [6.45, 7) is 10.5. The number of carbonyl (C=O) groups is 1. The highest BCUT2D eigenvalue weighted by Crippen LogP contribution is 2.35. The molecule has 1 aromatic heterocycles. The first-order valence-electron chi connectivity index (χ1n) is 11.8. The van der Waals surface area contributed by atoms with Crippen molar-refractivity contribution in [2.24, 2.45) is 0 Å². The summed E-state index contributed by atoms with van der Waals surface area (Å²) in [5, 5.41) is 13.2. The summed E-state index contributed by atoms with van der Waals surface area (Å²) in [4.78, 5) is 20.8. The van der Waals surface area contributed by atoms with Crippen molar-refractivity contribution >= 4 is 41.6 Å². The fourth-order valence-electron chi connectivity index (χ4n) is 4.89. The number of benzene rings is 2. The van der Waals surface area contributed by atoms with Gasteiger partial charge in [0, 0.05) is 68.0 Å². The standard InChI is InChI=1S/C26H32N4O3.2ClH/c1-17(2)33-21-12-20-15-27-26(32)25(20)22(14-21)24-13-19-11-18(3-4-23(19)28-24)16-30-7-5-29(6-8-30)9-10-31;;/h3-4,11-14,17,28,31H,5-10,15-16H2,1-2H3,(H,27,32);2*1H. The Bertz CT molecular complexity index is 1170. The molecule has 3 aromatic rings. The van der Waals surface area contributed by atoms with Crippen LogP contribution in [0.25, 0.3) is 22.2 Å². The Morgan fingerprint density at radius 2 is 1.77 bits per heavy atom. The fraction of sp³-hybridized carbons (Fsp3) is 0.423. The second-order valence-electron chi connectivity index (χ2n) is 9.30. The Kier molecular flexibility index (Phi) is 9.07. The zero-order valence-electron chi connectivity index (χ0n) is 20.2. The van der Waals surface area contributed by atoms with Gasteiger partial charge >= 0.3 is 0 Å². The zero-order valence-corrected chi connectivity index (χ0v) is 21.8. The van der Waals surface area contributed by atoms with Crippen molar-refractivity contribution in [1.29, 1.82) is 0 Å². The van der Waals surface area contributed by atoms with E-state index >= 15 is 0 Å². The first kappa shape index (κ1) is 27.3. The number of rotatable bonds is 7. The first-order valence-corrected chi connectivity index (χ1v) is 11.8. The van der Waals surface area contributed by atoms with E-state index in [0.29, 0.717) is 6.54 Å². The van der Waals surface area contributed by atoms with Crippen LogP contribution < -0.4 is 10.1 Å². The molecular weight excluding hydrogens is 487 g/mol. The normalized spacial score (nSPS) is 16.1. The van der Waals surface area contributed by atoms with E-state index in [9.17, 15) is 4.79 Å². The number of aromatic amines is 1. The number of nitrogens with zero attached hydrogens (tertiary/aromatic N) is 2. The van der Waals surface area contributed by atoms with Crippen LogP contribution in [0.3, 0.4) is 0 Å². The molecule has 0 saturated carbocycles. The van der Waals surface area contributed by atoms with Crippen LogP contribution in [0.1, 0.15) is 35.3 Å². The lowest BCUT2D eigenvalue weighted by molar-refractivity contribution is 0.0966. The van der Waals surface area contributed by atoms with Gasteiger partial charge in [-0.05, 0) is 55.3 Å². The largest absolute Gasteiger partial charge is 0.491 e. The van der Waals surface area contributed by atoms with E-state index in [1.165, 1.54) is 5.56 Å². The fourth-order valence-corrected chi connectivity index (χ4v) is 4.89. The third-order valence-electron chi connectivity index (χ3n) is 6.49. The zero-order chi connectivity index (χ0) is 22.9. The highest BCUT2D eigenvalue weighted by Gasteiger charge is 2.26. The minimum atomic E-state index is -0.0317. The SMILES string of the molecule is CC(C)Oc1cc2c(c(-c3cc4cc(CN5CCN(CCO)CC5)ccc4[nH]3)c1)C(=O)NC2.Cl.Cl. The number of piperazine rings is 1. The Morgan fingerprint density at radius 3 is 2.49 bits per heavy atom. The monoisotopic (exact) mass is 520 g/mol. The molecule has 1 saturated heterocycles. The third-order valence-corrected chi connectivity index (χ3v) is 6.49. The quantitative estimate of drug-likeness (QED) is 0.441. The van der Waals surface area contributed by atoms with Crippen LogP contribution in [-0.4, -0.2) is 71.2 Å². The number of aliphatic hydroxyl groups excluding tert-OH is 1. The van der Waals surface area contributed by atoms with E-state index in [2.05, 4.69) is 44.4 Å². The van der Waals surface area contributed by atoms with Crippen molar-refractivity contribution < 1.29 is 14.6 Å². The number of ether oxygens (including phenoxy) is 1. The van der Waals surface area contributed by atoms with Crippen molar-refractivity contribution in [2.45, 2.75) is 33.0 Å². The average molecular weight is 521 g/mol. The van der Waals surface area contributed by atoms with E-state index in [0.717, 1.165) is 78.3 Å². The lowest BCUT2D eigenvalue weighted by Gasteiger charge is -2.34. The highest BCUT2D eigenvalue weighted by atomic mass is 35.5. The average Bonchev–Trinajstić information content (AvgIpc) is 3.38. The van der Waals surface area contributed by atoms with Crippen LogP contribution in [0.4, 0.5) is 0 Å². The van der Waals surface area contributed by atoms with Gasteiger partial charge in [-0.3, -0.25) is 14.6 Å². The number of fused-ring (bicyclic) bond motifs is 2. The predicted octanol–water partition coefficient (Wildman–Crippen LogP) is 3.82. The molecule has 0 atom stereocenters. The molecule has 1 amide bonds. The molecule has 3 N–H and O–H groups in total. The van der Waals surface area contributed by atoms with E-state index in [1.54, 1.807) is 0 Å². The summed E-state index contributed by atoms with van der Waals surface area (Å²) in [7, 11) is 0. The number of halogens is 2. The van der Waals surface area contributed by atoms with Crippen molar-refractivity contribution in [3.63, 3.8) is 0 Å². The van der Waals surface area contributed by atoms with E-state index in [1.807, 2.05) is 26.0 Å². The van der Waals surface area contributed by atoms with Gasteiger partial charge in [0.2, 0.25) is 0 Å². The smallest absolute Gasteiger partial charge is 0.252 e. The van der Waals surface area contributed by atoms with Gasteiger partial charge in [0.15, 0.2) is 0 Å². The lowest BCUT2D eigenvalue weighted by Crippen LogP contribution is -2.46. The molecule has 2 aromatic carbocycles. The van der Waals surface area contributed by atoms with E-state index in [-0.39, 0.29) is 43.4 Å². The van der Waals surface area contributed by atoms with Crippen molar-refractivity contribution in [3.05, 3.63) is 53.1 Å². The second kappa shape index (κ2) is 11.6. The molecule has 1 fully saturated rings. The Hall–Kier alpha value is -2.29. The highest BCUT2D eigenvalue weighted by molar-refractivity contribution is 6.05. The molecule has 7 nitrogen and oxygen atoms in total. The second-order valence-corrected chi connectivity index (χ2v) is 9.30. The van der Waals surface area contributed by atoms with Gasteiger partial charge in [0.1, 0.15) is 5.75 Å². The molecule has 0 aliphatic carbocycles. The predicted molar refractivity (Wildman–Crippen MR) is 144 cm³/mol. The van der Waals surface area contributed by atoms with Gasteiger partial charge < -0.3 is 20.1 Å². The maximum Gasteiger partial charge on any atom is 0.252 e. The number of aromatic nitrogens is 1. The summed E-state index contributed by atoms with van der Waals surface area (Å²) in [5.74, 6) is 0.755.